The molecule has 1 atom stereocenters. The monoisotopic (exact) mass is 410 g/mol. The van der Waals surface area contributed by atoms with Crippen LogP contribution in [0.1, 0.15) is 35.2 Å². The lowest BCUT2D eigenvalue weighted by atomic mass is 9.97. The second-order valence-corrected chi connectivity index (χ2v) is 8.32. The number of imidazole rings is 1. The topological polar surface area (TPSA) is 51.8 Å². The van der Waals surface area contributed by atoms with Gasteiger partial charge in [-0.15, -0.1) is 11.3 Å². The van der Waals surface area contributed by atoms with Gasteiger partial charge < -0.3 is 4.57 Å². The lowest BCUT2D eigenvalue weighted by Gasteiger charge is -2.31. The molecule has 1 saturated heterocycles. The van der Waals surface area contributed by atoms with Crippen LogP contribution in [-0.4, -0.2) is 42.3 Å². The van der Waals surface area contributed by atoms with Crippen molar-refractivity contribution in [3.63, 3.8) is 0 Å². The molecule has 28 heavy (non-hydrogen) atoms. The maximum atomic E-state index is 13.0. The first-order valence-corrected chi connectivity index (χ1v) is 9.88. The van der Waals surface area contributed by atoms with Gasteiger partial charge >= 0.3 is 6.18 Å². The molecule has 150 valence electrons. The Bertz CT molecular complexity index is 957. The largest absolute Gasteiger partial charge is 0.434 e. The molecule has 0 amide bonds. The molecule has 0 radical (unpaired) electrons. The molecule has 0 spiro atoms. The van der Waals surface area contributed by atoms with Crippen LogP contribution in [0.4, 0.5) is 13.2 Å². The molecule has 0 aromatic carbocycles. The quantitative estimate of drug-likeness (QED) is 0.659. The summed E-state index contributed by atoms with van der Waals surface area (Å²) >= 11 is 1.62. The van der Waals surface area contributed by atoms with Crippen molar-refractivity contribution in [1.29, 1.82) is 0 Å². The van der Waals surface area contributed by atoms with Crippen LogP contribution in [0, 0.1) is 0 Å². The van der Waals surface area contributed by atoms with E-state index < -0.39 is 11.9 Å². The van der Waals surface area contributed by atoms with Gasteiger partial charge in [0.1, 0.15) is 10.8 Å². The van der Waals surface area contributed by atoms with Gasteiger partial charge in [-0.2, -0.15) is 18.3 Å². The van der Waals surface area contributed by atoms with E-state index in [0.717, 1.165) is 47.6 Å². The molecular formula is C18H21F3N6S. The number of rotatable bonds is 4. The Morgan fingerprint density at radius 1 is 1.21 bits per heavy atom. The summed E-state index contributed by atoms with van der Waals surface area (Å²) in [5.74, 6) is 0.512. The van der Waals surface area contributed by atoms with Gasteiger partial charge in [-0.3, -0.25) is 9.58 Å². The van der Waals surface area contributed by atoms with E-state index in [0.29, 0.717) is 12.4 Å². The van der Waals surface area contributed by atoms with Crippen LogP contribution >= 0.6 is 11.3 Å². The highest BCUT2D eigenvalue weighted by Gasteiger charge is 2.36. The number of aryl methyl sites for hydroxylation is 2. The Hall–Kier alpha value is -2.20. The van der Waals surface area contributed by atoms with E-state index in [1.54, 1.807) is 29.3 Å². The summed E-state index contributed by atoms with van der Waals surface area (Å²) in [5.41, 5.74) is 0.175. The van der Waals surface area contributed by atoms with Gasteiger partial charge in [-0.1, -0.05) is 0 Å². The zero-order chi connectivity index (χ0) is 19.9. The van der Waals surface area contributed by atoms with Crippen molar-refractivity contribution in [2.75, 3.05) is 13.1 Å². The molecule has 4 rings (SSSR count). The lowest BCUT2D eigenvalue weighted by molar-refractivity contribution is -0.141. The zero-order valence-corrected chi connectivity index (χ0v) is 16.5. The summed E-state index contributed by atoms with van der Waals surface area (Å²) in [4.78, 5) is 11.8. The highest BCUT2D eigenvalue weighted by Crippen LogP contribution is 2.33. The van der Waals surface area contributed by atoms with Gasteiger partial charge in [0, 0.05) is 62.1 Å². The zero-order valence-electron chi connectivity index (χ0n) is 15.6. The van der Waals surface area contributed by atoms with Gasteiger partial charge in [0.15, 0.2) is 5.69 Å². The number of nitrogens with zero attached hydrogens (tertiary/aromatic N) is 6. The fraction of sp³-hybridized carbons (Fsp3) is 0.500. The van der Waals surface area contributed by atoms with Crippen molar-refractivity contribution in [2.24, 2.45) is 14.1 Å². The van der Waals surface area contributed by atoms with Gasteiger partial charge in [0.2, 0.25) is 0 Å². The van der Waals surface area contributed by atoms with Crippen molar-refractivity contribution >= 4 is 11.3 Å². The number of hydrogen-bond donors (Lipinski definition) is 0. The van der Waals surface area contributed by atoms with Crippen LogP contribution < -0.4 is 0 Å². The van der Waals surface area contributed by atoms with E-state index in [4.69, 9.17) is 0 Å². The third-order valence-electron chi connectivity index (χ3n) is 4.96. The molecule has 0 saturated carbocycles. The lowest BCUT2D eigenvalue weighted by Crippen LogP contribution is -2.34. The normalized spacial score (nSPS) is 18.7. The van der Waals surface area contributed by atoms with E-state index in [-0.39, 0.29) is 5.92 Å². The number of hydrogen-bond acceptors (Lipinski definition) is 5. The van der Waals surface area contributed by atoms with Crippen LogP contribution in [0.3, 0.4) is 0 Å². The van der Waals surface area contributed by atoms with Crippen molar-refractivity contribution in [1.82, 2.24) is 29.2 Å². The van der Waals surface area contributed by atoms with Crippen LogP contribution in [0.25, 0.3) is 10.6 Å². The summed E-state index contributed by atoms with van der Waals surface area (Å²) in [7, 11) is 3.51. The standard InChI is InChI=1S/C18H21F3N6S/c1-25-11-15(18(19,20)21)24-16(25)12-4-3-5-27(9-12)10-14-7-22-17(28-14)13-6-23-26(2)8-13/h6-8,11-12H,3-5,9-10H2,1-2H3. The molecule has 4 heterocycles. The number of piperidine rings is 1. The van der Waals surface area contributed by atoms with Gasteiger partial charge in [0.05, 0.1) is 6.20 Å². The van der Waals surface area contributed by atoms with Crippen LogP contribution in [0.15, 0.2) is 24.8 Å². The predicted molar refractivity (Wildman–Crippen MR) is 99.8 cm³/mol. The Morgan fingerprint density at radius 3 is 2.71 bits per heavy atom. The van der Waals surface area contributed by atoms with E-state index in [1.807, 2.05) is 19.4 Å². The van der Waals surface area contributed by atoms with Crippen LogP contribution in [0.2, 0.25) is 0 Å². The van der Waals surface area contributed by atoms with E-state index in [1.165, 1.54) is 4.57 Å². The Balaban J connectivity index is 1.45. The first kappa shape index (κ1) is 19.1. The average Bonchev–Trinajstić information content (AvgIpc) is 3.34. The maximum Gasteiger partial charge on any atom is 0.434 e. The Morgan fingerprint density at radius 2 is 2.04 bits per heavy atom. The number of thiazole rings is 1. The molecule has 6 nitrogen and oxygen atoms in total. The summed E-state index contributed by atoms with van der Waals surface area (Å²) in [6.45, 7) is 2.36. The van der Waals surface area contributed by atoms with Crippen molar-refractivity contribution in [3.05, 3.63) is 41.2 Å². The van der Waals surface area contributed by atoms with E-state index in [2.05, 4.69) is 20.0 Å². The van der Waals surface area contributed by atoms with Crippen LogP contribution in [-0.2, 0) is 26.8 Å². The number of aromatic nitrogens is 5. The fourth-order valence-corrected chi connectivity index (χ4v) is 4.60. The molecule has 1 unspecified atom stereocenters. The molecule has 0 N–H and O–H groups in total. The van der Waals surface area contributed by atoms with Gasteiger partial charge in [-0.25, -0.2) is 9.97 Å². The highest BCUT2D eigenvalue weighted by molar-refractivity contribution is 7.15. The number of alkyl halides is 3. The van der Waals surface area contributed by atoms with E-state index in [9.17, 15) is 13.2 Å². The Kier molecular flexibility index (Phi) is 5.00. The van der Waals surface area contributed by atoms with Crippen LogP contribution in [0.5, 0.6) is 0 Å². The second-order valence-electron chi connectivity index (χ2n) is 7.20. The first-order valence-electron chi connectivity index (χ1n) is 9.06. The maximum absolute atomic E-state index is 13.0. The molecule has 3 aromatic rings. The third kappa shape index (κ3) is 3.97. The molecule has 0 aliphatic carbocycles. The van der Waals surface area contributed by atoms with Crippen molar-refractivity contribution < 1.29 is 13.2 Å². The van der Waals surface area contributed by atoms with E-state index >= 15 is 0 Å². The van der Waals surface area contributed by atoms with Crippen molar-refractivity contribution in [3.8, 4) is 10.6 Å². The predicted octanol–water partition coefficient (Wildman–Crippen LogP) is 3.68. The minimum Gasteiger partial charge on any atom is -0.337 e. The Labute approximate surface area is 164 Å². The summed E-state index contributed by atoms with van der Waals surface area (Å²) in [5, 5.41) is 5.10. The summed E-state index contributed by atoms with van der Waals surface area (Å²) in [6.07, 6.45) is 4.06. The van der Waals surface area contributed by atoms with Crippen molar-refractivity contribution in [2.45, 2.75) is 31.5 Å². The molecule has 3 aromatic heterocycles. The third-order valence-corrected chi connectivity index (χ3v) is 5.99. The summed E-state index contributed by atoms with van der Waals surface area (Å²) < 4.78 is 42.1. The fourth-order valence-electron chi connectivity index (χ4n) is 3.67. The summed E-state index contributed by atoms with van der Waals surface area (Å²) in [6, 6.07) is 0. The first-order chi connectivity index (χ1) is 13.3. The van der Waals surface area contributed by atoms with Gasteiger partial charge in [-0.05, 0) is 19.4 Å². The average molecular weight is 410 g/mol. The molecule has 0 bridgehead atoms. The minimum atomic E-state index is -4.41. The molecule has 1 fully saturated rings. The molecule has 10 heteroatoms. The molecular weight excluding hydrogens is 389 g/mol. The highest BCUT2D eigenvalue weighted by atomic mass is 32.1. The smallest absolute Gasteiger partial charge is 0.337 e. The second kappa shape index (κ2) is 7.32. The molecule has 1 aliphatic heterocycles. The van der Waals surface area contributed by atoms with Gasteiger partial charge in [0.25, 0.3) is 0 Å². The number of halogens is 3. The minimum absolute atomic E-state index is 0.000523. The molecule has 1 aliphatic rings. The number of likely N-dealkylation sites (tertiary alicyclic amines) is 1. The SMILES string of the molecule is Cn1cc(-c2ncc(CN3CCCC(c4nc(C(F)(F)F)cn4C)C3)s2)cn1.